The minimum atomic E-state index is 0.894. The summed E-state index contributed by atoms with van der Waals surface area (Å²) in [6.07, 6.45) is 0. The molecule has 4 heterocycles. The molecule has 12 aromatic rings. The minimum absolute atomic E-state index is 0.894. The number of nitrogens with zero attached hydrogens (tertiary/aromatic N) is 3. The van der Waals surface area contributed by atoms with Gasteiger partial charge in [-0.3, -0.25) is 0 Å². The van der Waals surface area contributed by atoms with Crippen LogP contribution in [-0.2, 0) is 0 Å². The summed E-state index contributed by atoms with van der Waals surface area (Å²) < 4.78 is 6.32. The summed E-state index contributed by atoms with van der Waals surface area (Å²) >= 11 is 3.61. The third-order valence-electron chi connectivity index (χ3n) is 10.8. The summed E-state index contributed by atoms with van der Waals surface area (Å²) in [6, 6.07) is 59.1. The standard InChI is InChI=1S/C48H27N3S2/c1-2-13-29(14-3-1)44-43(49-45-36-19-9-11-21-38(36)53-48(45)50-44)30-22-25-31(26-23-30)51-37-20-10-8-18-35(37)40-33-16-6-7-17-34(33)42-41-32-15-5-4-12-28(32)24-27-39(41)52-47(42)46(40)51/h1-27H. The van der Waals surface area contributed by atoms with Gasteiger partial charge in [-0.15, -0.1) is 22.7 Å². The molecule has 0 saturated heterocycles. The first-order valence-electron chi connectivity index (χ1n) is 17.8. The van der Waals surface area contributed by atoms with Gasteiger partial charge in [0.2, 0.25) is 0 Å². The Bertz CT molecular complexity index is 3440. The number of thiophene rings is 2. The normalized spacial score (nSPS) is 12.2. The van der Waals surface area contributed by atoms with Gasteiger partial charge in [-0.2, -0.15) is 0 Å². The Hall–Kier alpha value is -6.40. The number of hydrogen-bond donors (Lipinski definition) is 0. The lowest BCUT2D eigenvalue weighted by atomic mass is 9.96. The van der Waals surface area contributed by atoms with Crippen molar-refractivity contribution >= 4 is 107 Å². The van der Waals surface area contributed by atoms with Crippen LogP contribution in [0.3, 0.4) is 0 Å². The number of para-hydroxylation sites is 1. The predicted octanol–water partition coefficient (Wildman–Crippen LogP) is 13.9. The maximum absolute atomic E-state index is 5.37. The van der Waals surface area contributed by atoms with Crippen LogP contribution in [-0.4, -0.2) is 14.5 Å². The molecule has 0 N–H and O–H groups in total. The summed E-state index contributed by atoms with van der Waals surface area (Å²) in [6.45, 7) is 0. The van der Waals surface area contributed by atoms with E-state index in [1.807, 2.05) is 17.4 Å². The average Bonchev–Trinajstić information content (AvgIpc) is 3.91. The summed E-state index contributed by atoms with van der Waals surface area (Å²) in [5.74, 6) is 0. The zero-order chi connectivity index (χ0) is 34.6. The minimum Gasteiger partial charge on any atom is -0.308 e. The monoisotopic (exact) mass is 709 g/mol. The third kappa shape index (κ3) is 4.15. The molecule has 0 radical (unpaired) electrons. The van der Waals surface area contributed by atoms with Gasteiger partial charge in [0.05, 0.1) is 27.1 Å². The van der Waals surface area contributed by atoms with Crippen molar-refractivity contribution in [2.45, 2.75) is 0 Å². The molecule has 0 spiro atoms. The van der Waals surface area contributed by atoms with E-state index in [9.17, 15) is 0 Å². The highest BCUT2D eigenvalue weighted by molar-refractivity contribution is 7.27. The number of fused-ring (bicyclic) bond motifs is 15. The van der Waals surface area contributed by atoms with Gasteiger partial charge in [0, 0.05) is 53.1 Å². The summed E-state index contributed by atoms with van der Waals surface area (Å²) in [5.41, 5.74) is 8.44. The number of aromatic nitrogens is 3. The van der Waals surface area contributed by atoms with E-state index >= 15 is 0 Å². The molecule has 4 aromatic heterocycles. The van der Waals surface area contributed by atoms with Crippen LogP contribution in [0, 0.1) is 0 Å². The Morgan fingerprint density at radius 3 is 1.89 bits per heavy atom. The second-order valence-corrected chi connectivity index (χ2v) is 15.8. The van der Waals surface area contributed by atoms with E-state index in [4.69, 9.17) is 9.97 Å². The van der Waals surface area contributed by atoms with Crippen molar-refractivity contribution in [3.05, 3.63) is 164 Å². The van der Waals surface area contributed by atoms with E-state index < -0.39 is 0 Å². The second kappa shape index (κ2) is 11.1. The molecule has 5 heteroatoms. The molecule has 0 aliphatic heterocycles. The van der Waals surface area contributed by atoms with Crippen LogP contribution in [0.4, 0.5) is 0 Å². The molecule has 246 valence electrons. The van der Waals surface area contributed by atoms with Crippen LogP contribution >= 0.6 is 22.7 Å². The highest BCUT2D eigenvalue weighted by Gasteiger charge is 2.23. The molecule has 0 aliphatic carbocycles. The number of hydrogen-bond acceptors (Lipinski definition) is 4. The van der Waals surface area contributed by atoms with Crippen molar-refractivity contribution in [1.29, 1.82) is 0 Å². The van der Waals surface area contributed by atoms with Crippen LogP contribution < -0.4 is 0 Å². The van der Waals surface area contributed by atoms with Crippen molar-refractivity contribution in [1.82, 2.24) is 14.5 Å². The van der Waals surface area contributed by atoms with Gasteiger partial charge >= 0.3 is 0 Å². The SMILES string of the molecule is c1ccc(-c2nc3sc4ccccc4c3nc2-c2ccc(-n3c4ccccc4c4c5ccccc5c5c(sc6ccc7ccccc7c65)c43)cc2)cc1. The molecule has 0 unspecified atom stereocenters. The van der Waals surface area contributed by atoms with E-state index in [0.717, 1.165) is 43.9 Å². The smallest absolute Gasteiger partial charge is 0.143 e. The number of rotatable bonds is 3. The van der Waals surface area contributed by atoms with Gasteiger partial charge in [0.25, 0.3) is 0 Å². The summed E-state index contributed by atoms with van der Waals surface area (Å²) in [7, 11) is 0. The van der Waals surface area contributed by atoms with Gasteiger partial charge in [-0.1, -0.05) is 133 Å². The quantitative estimate of drug-likeness (QED) is 0.183. The highest BCUT2D eigenvalue weighted by atomic mass is 32.1. The first-order valence-corrected chi connectivity index (χ1v) is 19.5. The van der Waals surface area contributed by atoms with E-state index in [1.54, 1.807) is 11.3 Å². The fourth-order valence-corrected chi connectivity index (χ4v) is 10.8. The highest BCUT2D eigenvalue weighted by Crippen LogP contribution is 2.49. The molecule has 0 saturated carbocycles. The molecule has 0 atom stereocenters. The summed E-state index contributed by atoms with van der Waals surface area (Å²) in [4.78, 5) is 11.6. The predicted molar refractivity (Wildman–Crippen MR) is 228 cm³/mol. The van der Waals surface area contributed by atoms with Gasteiger partial charge < -0.3 is 4.57 Å². The first-order chi connectivity index (χ1) is 26.3. The van der Waals surface area contributed by atoms with Crippen LogP contribution in [0.1, 0.15) is 0 Å². The lowest BCUT2D eigenvalue weighted by molar-refractivity contribution is 1.19. The van der Waals surface area contributed by atoms with Crippen molar-refractivity contribution in [2.75, 3.05) is 0 Å². The van der Waals surface area contributed by atoms with Crippen LogP contribution in [0.5, 0.6) is 0 Å². The topological polar surface area (TPSA) is 30.7 Å². The zero-order valence-electron chi connectivity index (χ0n) is 28.2. The Morgan fingerprint density at radius 1 is 0.415 bits per heavy atom. The van der Waals surface area contributed by atoms with E-state index in [0.29, 0.717) is 0 Å². The largest absolute Gasteiger partial charge is 0.308 e. The molecule has 12 rings (SSSR count). The Morgan fingerprint density at radius 2 is 1.06 bits per heavy atom. The molecule has 3 nitrogen and oxygen atoms in total. The van der Waals surface area contributed by atoms with Gasteiger partial charge in [-0.05, 0) is 51.9 Å². The maximum atomic E-state index is 5.37. The molecular weight excluding hydrogens is 683 g/mol. The van der Waals surface area contributed by atoms with E-state index in [1.165, 1.54) is 68.2 Å². The van der Waals surface area contributed by atoms with Crippen molar-refractivity contribution in [3.8, 4) is 28.2 Å². The number of benzene rings is 8. The lowest BCUT2D eigenvalue weighted by Gasteiger charge is -2.13. The van der Waals surface area contributed by atoms with Crippen LogP contribution in [0.25, 0.3) is 112 Å². The van der Waals surface area contributed by atoms with Crippen molar-refractivity contribution < 1.29 is 0 Å². The van der Waals surface area contributed by atoms with E-state index in [-0.39, 0.29) is 0 Å². The molecule has 0 fully saturated rings. The van der Waals surface area contributed by atoms with Gasteiger partial charge in [-0.25, -0.2) is 9.97 Å². The fraction of sp³-hybridized carbons (Fsp3) is 0. The Kier molecular flexibility index (Phi) is 6.09. The van der Waals surface area contributed by atoms with Crippen molar-refractivity contribution in [3.63, 3.8) is 0 Å². The molecule has 0 aliphatic rings. The lowest BCUT2D eigenvalue weighted by Crippen LogP contribution is -1.96. The maximum Gasteiger partial charge on any atom is 0.143 e. The molecule has 8 aromatic carbocycles. The average molecular weight is 710 g/mol. The Balaban J connectivity index is 1.15. The summed E-state index contributed by atoms with van der Waals surface area (Å²) in [5, 5.41) is 11.6. The van der Waals surface area contributed by atoms with Gasteiger partial charge in [0.1, 0.15) is 10.3 Å². The van der Waals surface area contributed by atoms with Crippen LogP contribution in [0.2, 0.25) is 0 Å². The first kappa shape index (κ1) is 29.2. The second-order valence-electron chi connectivity index (χ2n) is 13.7. The molecule has 0 amide bonds. The molecule has 0 bridgehead atoms. The molecular formula is C48H27N3S2. The fourth-order valence-electron chi connectivity index (χ4n) is 8.50. The van der Waals surface area contributed by atoms with Gasteiger partial charge in [0.15, 0.2) is 0 Å². The Labute approximate surface area is 311 Å². The third-order valence-corrected chi connectivity index (χ3v) is 13.0. The van der Waals surface area contributed by atoms with E-state index in [2.05, 4.69) is 162 Å². The molecule has 53 heavy (non-hydrogen) atoms. The van der Waals surface area contributed by atoms with Crippen molar-refractivity contribution in [2.24, 2.45) is 0 Å². The van der Waals surface area contributed by atoms with Crippen LogP contribution in [0.15, 0.2) is 164 Å². The zero-order valence-corrected chi connectivity index (χ0v) is 29.9.